The van der Waals surface area contributed by atoms with Crippen LogP contribution < -0.4 is 9.80 Å². The minimum absolute atomic E-state index is 0.0205. The third-order valence-electron chi connectivity index (χ3n) is 6.59. The summed E-state index contributed by atoms with van der Waals surface area (Å²) in [4.78, 5) is 50.2. The van der Waals surface area contributed by atoms with Gasteiger partial charge >= 0.3 is 11.9 Å². The number of methoxy groups -OCH3 is 1. The topological polar surface area (TPSA) is 104 Å². The van der Waals surface area contributed by atoms with Gasteiger partial charge in [-0.2, -0.15) is 0 Å². The lowest BCUT2D eigenvalue weighted by Gasteiger charge is -2.29. The number of nitrogens with zero attached hydrogens (tertiary/aromatic N) is 2. The number of halogens is 2. The number of ether oxygens (including phenoxy) is 1. The molecule has 0 heterocycles. The number of aromatic carboxylic acids is 1. The average Bonchev–Trinajstić information content (AvgIpc) is 2.86. The molecule has 214 valence electrons. The number of hydrogen-bond donors (Lipinski definition) is 1. The summed E-state index contributed by atoms with van der Waals surface area (Å²) in [5, 5.41) is 9.21. The molecule has 2 atom stereocenters. The second-order valence-electron chi connectivity index (χ2n) is 9.28. The number of carboxylic acid groups (broad SMARTS) is 1. The minimum atomic E-state index is -0.993. The third-order valence-corrected chi connectivity index (χ3v) is 7.50. The van der Waals surface area contributed by atoms with Crippen LogP contribution in [0.4, 0.5) is 11.4 Å². The highest BCUT2D eigenvalue weighted by molar-refractivity contribution is 9.10. The highest BCUT2D eigenvalue weighted by atomic mass is 79.9. The second-order valence-corrected chi connectivity index (χ2v) is 11.1. The molecule has 0 aromatic heterocycles. The Hall–Kier alpha value is -2.72. The van der Waals surface area contributed by atoms with Gasteiger partial charge in [0.2, 0.25) is 11.8 Å². The Labute approximate surface area is 248 Å². The van der Waals surface area contributed by atoms with Gasteiger partial charge in [-0.05, 0) is 75.9 Å². The van der Waals surface area contributed by atoms with Gasteiger partial charge in [-0.1, -0.05) is 45.7 Å². The van der Waals surface area contributed by atoms with Gasteiger partial charge in [-0.15, -0.1) is 0 Å². The first-order valence-corrected chi connectivity index (χ1v) is 14.2. The van der Waals surface area contributed by atoms with Gasteiger partial charge in [0.1, 0.15) is 0 Å². The van der Waals surface area contributed by atoms with Crippen LogP contribution in [0.25, 0.3) is 0 Å². The summed E-state index contributed by atoms with van der Waals surface area (Å²) in [6, 6.07) is 6.98. The molecule has 8 nitrogen and oxygen atoms in total. The number of carbonyl (C=O) groups excluding carboxylic acids is 3. The molecule has 2 aromatic carbocycles. The maximum atomic E-state index is 12.0. The largest absolute Gasteiger partial charge is 0.478 e. The summed E-state index contributed by atoms with van der Waals surface area (Å²) in [6.45, 7) is 14.5. The summed E-state index contributed by atoms with van der Waals surface area (Å²) < 4.78 is 6.19. The first-order valence-electron chi connectivity index (χ1n) is 12.6. The van der Waals surface area contributed by atoms with E-state index in [4.69, 9.17) is 4.74 Å². The number of hydrogen-bond acceptors (Lipinski definition) is 5. The van der Waals surface area contributed by atoms with Gasteiger partial charge < -0.3 is 19.6 Å². The van der Waals surface area contributed by atoms with Crippen molar-refractivity contribution in [3.63, 3.8) is 0 Å². The molecule has 2 amide bonds. The van der Waals surface area contributed by atoms with Crippen molar-refractivity contribution in [2.24, 2.45) is 0 Å². The maximum Gasteiger partial charge on any atom is 0.338 e. The predicted molar refractivity (Wildman–Crippen MR) is 162 cm³/mol. The van der Waals surface area contributed by atoms with E-state index in [0.29, 0.717) is 21.3 Å². The zero-order valence-corrected chi connectivity index (χ0v) is 27.2. The predicted octanol–water partition coefficient (Wildman–Crippen LogP) is 7.30. The van der Waals surface area contributed by atoms with Crippen LogP contribution in [0.15, 0.2) is 33.2 Å². The number of rotatable bonds is 8. The molecule has 0 aliphatic rings. The lowest BCUT2D eigenvalue weighted by atomic mass is 10.0. The molecule has 39 heavy (non-hydrogen) atoms. The van der Waals surface area contributed by atoms with E-state index in [2.05, 4.69) is 31.9 Å². The molecule has 0 aliphatic carbocycles. The van der Waals surface area contributed by atoms with E-state index < -0.39 is 11.9 Å². The maximum absolute atomic E-state index is 12.0. The van der Waals surface area contributed by atoms with E-state index in [1.54, 1.807) is 34.9 Å². The van der Waals surface area contributed by atoms with Gasteiger partial charge in [0.05, 0.1) is 18.2 Å². The lowest BCUT2D eigenvalue weighted by molar-refractivity contribution is -0.117. The van der Waals surface area contributed by atoms with Crippen molar-refractivity contribution in [2.45, 2.75) is 80.3 Å². The molecule has 0 bridgehead atoms. The summed E-state index contributed by atoms with van der Waals surface area (Å²) in [5.41, 5.74) is 3.40. The Morgan fingerprint density at radius 1 is 0.795 bits per heavy atom. The molecule has 0 spiro atoms. The summed E-state index contributed by atoms with van der Waals surface area (Å²) >= 11 is 6.69. The zero-order chi connectivity index (χ0) is 30.2. The van der Waals surface area contributed by atoms with Crippen molar-refractivity contribution >= 4 is 67.0 Å². The average molecular weight is 670 g/mol. The quantitative estimate of drug-likeness (QED) is 0.296. The Morgan fingerprint density at radius 3 is 1.46 bits per heavy atom. The van der Waals surface area contributed by atoms with Gasteiger partial charge in [0.15, 0.2) is 0 Å². The highest BCUT2D eigenvalue weighted by Gasteiger charge is 2.24. The number of anilines is 2. The molecule has 1 N–H and O–H groups in total. The van der Waals surface area contributed by atoms with E-state index in [0.717, 1.165) is 28.6 Å². The summed E-state index contributed by atoms with van der Waals surface area (Å²) in [5.74, 6) is -1.53. The first-order chi connectivity index (χ1) is 18.1. The highest BCUT2D eigenvalue weighted by Crippen LogP contribution is 2.32. The van der Waals surface area contributed by atoms with Crippen molar-refractivity contribution in [3.05, 3.63) is 55.5 Å². The Balaban J connectivity index is 0.000000391. The SMILES string of the molecule is CCC(C)N(C(C)=O)c1cc(Br)cc(C(=O)O)c1C.CCC(C)N(C(C)=O)c1cc(Br)cc(C(=O)OC)c1C. The number of amides is 2. The van der Waals surface area contributed by atoms with Gasteiger partial charge in [-0.25, -0.2) is 9.59 Å². The van der Waals surface area contributed by atoms with Crippen LogP contribution in [0.1, 0.15) is 86.2 Å². The van der Waals surface area contributed by atoms with Crippen molar-refractivity contribution in [3.8, 4) is 0 Å². The molecule has 0 saturated heterocycles. The van der Waals surface area contributed by atoms with E-state index in [9.17, 15) is 24.3 Å². The second kappa shape index (κ2) is 15.2. The van der Waals surface area contributed by atoms with Gasteiger partial charge in [0.25, 0.3) is 0 Å². The molecule has 0 fully saturated rings. The van der Waals surface area contributed by atoms with E-state index >= 15 is 0 Å². The monoisotopic (exact) mass is 668 g/mol. The third kappa shape index (κ3) is 8.63. The first kappa shape index (κ1) is 34.3. The number of benzene rings is 2. The van der Waals surface area contributed by atoms with Crippen LogP contribution >= 0.6 is 31.9 Å². The summed E-state index contributed by atoms with van der Waals surface area (Å²) in [7, 11) is 1.35. The fraction of sp³-hybridized carbons (Fsp3) is 0.448. The Morgan fingerprint density at radius 2 is 1.15 bits per heavy atom. The normalized spacial score (nSPS) is 12.0. The van der Waals surface area contributed by atoms with Gasteiger partial charge in [-0.3, -0.25) is 9.59 Å². The summed E-state index contributed by atoms with van der Waals surface area (Å²) in [6.07, 6.45) is 1.63. The minimum Gasteiger partial charge on any atom is -0.478 e. The zero-order valence-electron chi connectivity index (χ0n) is 24.0. The molecular formula is C29H38Br2N2O6. The van der Waals surface area contributed by atoms with E-state index in [1.807, 2.05) is 40.7 Å². The molecule has 2 unspecified atom stereocenters. The van der Waals surface area contributed by atoms with Crippen LogP contribution in [0.3, 0.4) is 0 Å². The molecule has 0 aliphatic heterocycles. The number of carbonyl (C=O) groups is 4. The van der Waals surface area contributed by atoms with Crippen molar-refractivity contribution in [1.29, 1.82) is 0 Å². The molecular weight excluding hydrogens is 632 g/mol. The molecule has 2 rings (SSSR count). The van der Waals surface area contributed by atoms with Crippen LogP contribution in [0.2, 0.25) is 0 Å². The van der Waals surface area contributed by atoms with Crippen molar-refractivity contribution in [2.75, 3.05) is 16.9 Å². The van der Waals surface area contributed by atoms with E-state index in [1.165, 1.54) is 21.0 Å². The van der Waals surface area contributed by atoms with Crippen LogP contribution in [-0.2, 0) is 14.3 Å². The molecule has 10 heteroatoms. The lowest BCUT2D eigenvalue weighted by Crippen LogP contribution is -2.37. The standard InChI is InChI=1S/C15H20BrNO3.C14H18BrNO3/c1-6-9(2)17(11(4)18)14-8-12(16)7-13(10(14)3)15(19)20-5;1-5-8(2)16(10(4)17)13-7-11(15)6-12(9(13)3)14(18)19/h7-9H,6H2,1-5H3;6-8H,5H2,1-4H3,(H,18,19). The molecule has 0 saturated carbocycles. The Bertz CT molecular complexity index is 1230. The number of esters is 1. The Kier molecular flexibility index (Phi) is 13.3. The van der Waals surface area contributed by atoms with Crippen molar-refractivity contribution in [1.82, 2.24) is 0 Å². The van der Waals surface area contributed by atoms with Crippen LogP contribution in [-0.4, -0.2) is 48.1 Å². The van der Waals surface area contributed by atoms with E-state index in [-0.39, 0.29) is 29.5 Å². The molecule has 0 radical (unpaired) electrons. The van der Waals surface area contributed by atoms with Crippen LogP contribution in [0.5, 0.6) is 0 Å². The van der Waals surface area contributed by atoms with Crippen LogP contribution in [0, 0.1) is 13.8 Å². The fourth-order valence-corrected chi connectivity index (χ4v) is 5.07. The van der Waals surface area contributed by atoms with Gasteiger partial charge in [0, 0.05) is 46.3 Å². The molecule has 2 aromatic rings. The smallest absolute Gasteiger partial charge is 0.338 e. The fourth-order valence-electron chi connectivity index (χ4n) is 4.17. The number of carboxylic acids is 1. The van der Waals surface area contributed by atoms with Crippen molar-refractivity contribution < 1.29 is 29.0 Å².